The molecule has 0 radical (unpaired) electrons. The van der Waals surface area contributed by atoms with Gasteiger partial charge in [-0.1, -0.05) is 15.9 Å². The molecule has 5 saturated carbocycles. The average Bonchev–Trinajstić information content (AvgIpc) is 3.15. The van der Waals surface area contributed by atoms with Crippen LogP contribution in [0.2, 0.25) is 0 Å². The molecule has 5 aliphatic rings. The van der Waals surface area contributed by atoms with Gasteiger partial charge in [-0.25, -0.2) is 0 Å². The predicted molar refractivity (Wildman–Crippen MR) is 79.1 cm³/mol. The van der Waals surface area contributed by atoms with Crippen molar-refractivity contribution in [3.63, 3.8) is 0 Å². The van der Waals surface area contributed by atoms with E-state index in [0.29, 0.717) is 11.3 Å². The van der Waals surface area contributed by atoms with Crippen LogP contribution in [-0.2, 0) is 4.79 Å². The molecule has 0 aromatic heterocycles. The number of amides is 1. The van der Waals surface area contributed by atoms with E-state index in [2.05, 4.69) is 21.2 Å². The highest BCUT2D eigenvalue weighted by molar-refractivity contribution is 9.09. The Morgan fingerprint density at radius 3 is 2.00 bits per heavy atom. The molecule has 5 rings (SSSR count). The van der Waals surface area contributed by atoms with Crippen molar-refractivity contribution in [1.82, 2.24) is 5.32 Å². The van der Waals surface area contributed by atoms with Crippen molar-refractivity contribution in [3.8, 4) is 0 Å². The predicted octanol–water partition coefficient (Wildman–Crippen LogP) is 3.49. The molecule has 0 spiro atoms. The van der Waals surface area contributed by atoms with Crippen LogP contribution in [0.5, 0.6) is 0 Å². The molecule has 0 atom stereocenters. The van der Waals surface area contributed by atoms with Crippen LogP contribution in [0.4, 0.5) is 0 Å². The Morgan fingerprint density at radius 2 is 1.58 bits per heavy atom. The molecular weight excluding hydrogens is 302 g/mol. The zero-order valence-electron chi connectivity index (χ0n) is 11.6. The molecule has 2 nitrogen and oxygen atoms in total. The number of hydrogen-bond acceptors (Lipinski definition) is 1. The van der Waals surface area contributed by atoms with Crippen LogP contribution in [0.25, 0.3) is 0 Å². The molecule has 5 aliphatic carbocycles. The molecule has 0 heterocycles. The Bertz CT molecular complexity index is 366. The third-order valence-electron chi connectivity index (χ3n) is 6.38. The Morgan fingerprint density at radius 1 is 1.05 bits per heavy atom. The zero-order valence-corrected chi connectivity index (χ0v) is 13.2. The van der Waals surface area contributed by atoms with E-state index in [0.717, 1.165) is 29.6 Å². The molecule has 5 fully saturated rings. The number of carbonyl (C=O) groups is 1. The lowest BCUT2D eigenvalue weighted by Crippen LogP contribution is -2.54. The van der Waals surface area contributed by atoms with Gasteiger partial charge < -0.3 is 5.32 Å². The van der Waals surface area contributed by atoms with Gasteiger partial charge >= 0.3 is 0 Å². The molecule has 4 bridgehead atoms. The van der Waals surface area contributed by atoms with E-state index in [9.17, 15) is 4.79 Å². The van der Waals surface area contributed by atoms with Gasteiger partial charge in [0.2, 0.25) is 5.91 Å². The van der Waals surface area contributed by atoms with Gasteiger partial charge in [0, 0.05) is 17.3 Å². The van der Waals surface area contributed by atoms with Crippen LogP contribution in [0.1, 0.15) is 51.4 Å². The first-order valence-corrected chi connectivity index (χ1v) is 9.10. The fraction of sp³-hybridized carbons (Fsp3) is 0.938. The van der Waals surface area contributed by atoms with Gasteiger partial charge in [-0.2, -0.15) is 0 Å². The van der Waals surface area contributed by atoms with Crippen molar-refractivity contribution in [1.29, 1.82) is 0 Å². The molecule has 3 heteroatoms. The smallest absolute Gasteiger partial charge is 0.226 e. The minimum absolute atomic E-state index is 0.0388. The fourth-order valence-electron chi connectivity index (χ4n) is 5.38. The van der Waals surface area contributed by atoms with E-state index < -0.39 is 0 Å². The molecule has 1 N–H and O–H groups in total. The maximum absolute atomic E-state index is 12.8. The van der Waals surface area contributed by atoms with Crippen molar-refractivity contribution in [2.24, 2.45) is 28.6 Å². The van der Waals surface area contributed by atoms with Crippen LogP contribution in [0.15, 0.2) is 0 Å². The third kappa shape index (κ3) is 2.07. The van der Waals surface area contributed by atoms with Crippen molar-refractivity contribution in [2.75, 3.05) is 11.9 Å². The SMILES string of the molecule is O=C(NCC1(CBr)CC1)C12CC3CC(CC(C3)C1)C2. The summed E-state index contributed by atoms with van der Waals surface area (Å²) in [5.74, 6) is 2.99. The second kappa shape index (κ2) is 4.22. The lowest BCUT2D eigenvalue weighted by atomic mass is 9.49. The van der Waals surface area contributed by atoms with E-state index in [4.69, 9.17) is 0 Å². The topological polar surface area (TPSA) is 29.1 Å². The molecule has 1 amide bonds. The highest BCUT2D eigenvalue weighted by atomic mass is 79.9. The number of nitrogens with one attached hydrogen (secondary N) is 1. The first-order chi connectivity index (χ1) is 9.13. The number of hydrogen-bond donors (Lipinski definition) is 1. The summed E-state index contributed by atoms with van der Waals surface area (Å²) in [5.41, 5.74) is 0.440. The second-order valence-electron chi connectivity index (χ2n) is 8.01. The second-order valence-corrected chi connectivity index (χ2v) is 8.57. The van der Waals surface area contributed by atoms with Crippen LogP contribution >= 0.6 is 15.9 Å². The molecule has 0 aliphatic heterocycles. The Balaban J connectivity index is 1.44. The lowest BCUT2D eigenvalue weighted by molar-refractivity contribution is -0.146. The van der Waals surface area contributed by atoms with E-state index in [1.54, 1.807) is 0 Å². The Kier molecular flexibility index (Phi) is 2.82. The molecule has 0 aromatic carbocycles. The number of rotatable bonds is 4. The van der Waals surface area contributed by atoms with E-state index >= 15 is 0 Å². The van der Waals surface area contributed by atoms with E-state index in [1.165, 1.54) is 51.4 Å². The molecule has 0 unspecified atom stereocenters. The minimum atomic E-state index is 0.0388. The number of carbonyl (C=O) groups excluding carboxylic acids is 1. The summed E-state index contributed by atoms with van der Waals surface area (Å²) in [6.45, 7) is 0.902. The third-order valence-corrected chi connectivity index (χ3v) is 7.57. The monoisotopic (exact) mass is 325 g/mol. The minimum Gasteiger partial charge on any atom is -0.355 e. The molecule has 0 saturated heterocycles. The van der Waals surface area contributed by atoms with Crippen LogP contribution in [0, 0.1) is 28.6 Å². The van der Waals surface area contributed by atoms with Crippen LogP contribution in [-0.4, -0.2) is 17.8 Å². The fourth-order valence-corrected chi connectivity index (χ4v) is 6.14. The van der Waals surface area contributed by atoms with E-state index in [-0.39, 0.29) is 5.41 Å². The summed E-state index contributed by atoms with van der Waals surface area (Å²) in [6.07, 6.45) is 10.4. The van der Waals surface area contributed by atoms with Crippen molar-refractivity contribution in [2.45, 2.75) is 51.4 Å². The molecule has 0 aromatic rings. The van der Waals surface area contributed by atoms with Gasteiger partial charge in [-0.3, -0.25) is 4.79 Å². The Hall–Kier alpha value is -0.0500. The van der Waals surface area contributed by atoms with Crippen molar-refractivity contribution >= 4 is 21.8 Å². The maximum Gasteiger partial charge on any atom is 0.226 e. The van der Waals surface area contributed by atoms with Gasteiger partial charge in [0.15, 0.2) is 0 Å². The summed E-state index contributed by atoms with van der Waals surface area (Å²) < 4.78 is 0. The number of alkyl halides is 1. The quantitative estimate of drug-likeness (QED) is 0.787. The first kappa shape index (κ1) is 12.7. The van der Waals surface area contributed by atoms with Gasteiger partial charge in [-0.15, -0.1) is 0 Å². The summed E-state index contributed by atoms with van der Waals surface area (Å²) in [4.78, 5) is 12.8. The summed E-state index contributed by atoms with van der Waals surface area (Å²) in [6, 6.07) is 0. The Labute approximate surface area is 124 Å². The van der Waals surface area contributed by atoms with Gasteiger partial charge in [0.25, 0.3) is 0 Å². The highest BCUT2D eigenvalue weighted by Crippen LogP contribution is 2.60. The first-order valence-electron chi connectivity index (χ1n) is 7.97. The molecule has 106 valence electrons. The average molecular weight is 326 g/mol. The van der Waals surface area contributed by atoms with Gasteiger partial charge in [-0.05, 0) is 74.5 Å². The maximum atomic E-state index is 12.8. The van der Waals surface area contributed by atoms with E-state index in [1.807, 2.05) is 0 Å². The standard InChI is InChI=1S/C16H24BrNO/c17-9-15(1-2-15)10-18-14(19)16-6-11-3-12(7-16)5-13(4-11)8-16/h11-13H,1-10H2,(H,18,19). The van der Waals surface area contributed by atoms with Crippen molar-refractivity contribution < 1.29 is 4.79 Å². The van der Waals surface area contributed by atoms with Crippen LogP contribution < -0.4 is 5.32 Å². The lowest BCUT2D eigenvalue weighted by Gasteiger charge is -2.55. The summed E-state index contributed by atoms with van der Waals surface area (Å²) in [7, 11) is 0. The van der Waals surface area contributed by atoms with Crippen LogP contribution in [0.3, 0.4) is 0 Å². The summed E-state index contributed by atoms with van der Waals surface area (Å²) >= 11 is 3.60. The molecular formula is C16H24BrNO. The largest absolute Gasteiger partial charge is 0.355 e. The van der Waals surface area contributed by atoms with Gasteiger partial charge in [0.1, 0.15) is 0 Å². The molecule has 19 heavy (non-hydrogen) atoms. The van der Waals surface area contributed by atoms with Crippen molar-refractivity contribution in [3.05, 3.63) is 0 Å². The normalized spacial score (nSPS) is 45.2. The number of halogens is 1. The highest BCUT2D eigenvalue weighted by Gasteiger charge is 2.55. The van der Waals surface area contributed by atoms with Gasteiger partial charge in [0.05, 0.1) is 0 Å². The zero-order chi connectivity index (χ0) is 13.1. The summed E-state index contributed by atoms with van der Waals surface area (Å²) in [5, 5.41) is 4.37.